The molecule has 2 amide bonds. The zero-order valence-electron chi connectivity index (χ0n) is 17.2. The van der Waals surface area contributed by atoms with Gasteiger partial charge in [0.1, 0.15) is 5.70 Å². The minimum absolute atomic E-state index is 0.00735. The number of phenols is 1. The number of nitro benzene ring substituents is 1. The van der Waals surface area contributed by atoms with Crippen LogP contribution >= 0.6 is 11.3 Å². The predicted octanol–water partition coefficient (Wildman–Crippen LogP) is 3.29. The molecule has 1 heterocycles. The quantitative estimate of drug-likeness (QED) is 0.201. The lowest BCUT2D eigenvalue weighted by Crippen LogP contribution is -2.32. The maximum Gasteiger partial charge on any atom is 0.323 e. The minimum atomic E-state index is -0.739. The van der Waals surface area contributed by atoms with E-state index in [0.29, 0.717) is 5.56 Å². The number of aromatic hydroxyl groups is 1. The number of nitrogens with zero attached hydrogens (tertiary/aromatic N) is 2. The van der Waals surface area contributed by atoms with Crippen molar-refractivity contribution in [3.05, 3.63) is 91.8 Å². The van der Waals surface area contributed by atoms with Crippen molar-refractivity contribution in [2.45, 2.75) is 0 Å². The van der Waals surface area contributed by atoms with Gasteiger partial charge in [-0.2, -0.15) is 5.10 Å². The number of hydrazone groups is 1. The highest BCUT2D eigenvalue weighted by Crippen LogP contribution is 2.37. The van der Waals surface area contributed by atoms with Gasteiger partial charge >= 0.3 is 5.69 Å². The third-order valence-electron chi connectivity index (χ3n) is 4.26. The number of rotatable bonds is 8. The van der Waals surface area contributed by atoms with Crippen LogP contribution in [0.4, 0.5) is 5.69 Å². The van der Waals surface area contributed by atoms with E-state index in [1.165, 1.54) is 36.7 Å². The van der Waals surface area contributed by atoms with Crippen LogP contribution in [0.3, 0.4) is 0 Å². The third-order valence-corrected chi connectivity index (χ3v) is 5.08. The fraction of sp³-hybridized carbons (Fsp3) is 0.0455. The highest BCUT2D eigenvalue weighted by Gasteiger charge is 2.23. The van der Waals surface area contributed by atoms with Crippen molar-refractivity contribution in [3.63, 3.8) is 0 Å². The second kappa shape index (κ2) is 10.7. The molecule has 11 heteroatoms. The van der Waals surface area contributed by atoms with Crippen LogP contribution in [0.1, 0.15) is 20.8 Å². The maximum atomic E-state index is 12.7. The van der Waals surface area contributed by atoms with Crippen molar-refractivity contribution in [1.29, 1.82) is 0 Å². The van der Waals surface area contributed by atoms with Crippen LogP contribution in [0.15, 0.2) is 70.8 Å². The zero-order chi connectivity index (χ0) is 23.8. The Bertz CT molecular complexity index is 1220. The molecule has 0 saturated carbocycles. The molecule has 3 aromatic rings. The minimum Gasteiger partial charge on any atom is -0.504 e. The molecule has 0 saturated heterocycles. The van der Waals surface area contributed by atoms with E-state index < -0.39 is 28.2 Å². The van der Waals surface area contributed by atoms with Crippen molar-refractivity contribution >= 4 is 41.1 Å². The summed E-state index contributed by atoms with van der Waals surface area (Å²) in [6, 6.07) is 14.4. The molecule has 0 fully saturated rings. The van der Waals surface area contributed by atoms with Gasteiger partial charge in [-0.1, -0.05) is 24.3 Å². The van der Waals surface area contributed by atoms with E-state index >= 15 is 0 Å². The molecule has 0 bridgehead atoms. The molecule has 0 aliphatic heterocycles. The van der Waals surface area contributed by atoms with Gasteiger partial charge in [-0.25, -0.2) is 5.43 Å². The fourth-order valence-electron chi connectivity index (χ4n) is 2.75. The Balaban J connectivity index is 1.83. The van der Waals surface area contributed by atoms with Crippen molar-refractivity contribution in [3.8, 4) is 11.5 Å². The van der Waals surface area contributed by atoms with E-state index in [-0.39, 0.29) is 17.0 Å². The van der Waals surface area contributed by atoms with Crippen LogP contribution in [0.5, 0.6) is 11.5 Å². The zero-order valence-corrected chi connectivity index (χ0v) is 18.0. The molecular formula is C22H18N4O6S. The molecule has 0 spiro atoms. The molecule has 0 aliphatic carbocycles. The van der Waals surface area contributed by atoms with Gasteiger partial charge in [0.25, 0.3) is 11.8 Å². The van der Waals surface area contributed by atoms with Gasteiger partial charge < -0.3 is 15.2 Å². The van der Waals surface area contributed by atoms with Gasteiger partial charge in [-0.05, 0) is 41.8 Å². The van der Waals surface area contributed by atoms with Crippen molar-refractivity contribution in [1.82, 2.24) is 10.7 Å². The number of phenolic OH excluding ortho intramolecular Hbond substituents is 1. The van der Waals surface area contributed by atoms with Gasteiger partial charge in [0.2, 0.25) is 5.75 Å². The number of hydrogen-bond acceptors (Lipinski definition) is 8. The second-order valence-corrected chi connectivity index (χ2v) is 7.38. The van der Waals surface area contributed by atoms with E-state index in [0.717, 1.165) is 11.1 Å². The van der Waals surface area contributed by atoms with Crippen LogP contribution in [-0.4, -0.2) is 35.2 Å². The Morgan fingerprint density at radius 2 is 1.91 bits per heavy atom. The van der Waals surface area contributed by atoms with Crippen LogP contribution in [0.25, 0.3) is 6.08 Å². The van der Waals surface area contributed by atoms with E-state index in [9.17, 15) is 24.8 Å². The summed E-state index contributed by atoms with van der Waals surface area (Å²) in [4.78, 5) is 36.6. The van der Waals surface area contributed by atoms with E-state index in [1.54, 1.807) is 42.5 Å². The lowest BCUT2D eigenvalue weighted by atomic mass is 10.1. The summed E-state index contributed by atoms with van der Waals surface area (Å²) in [5, 5.41) is 29.3. The van der Waals surface area contributed by atoms with E-state index in [4.69, 9.17) is 4.74 Å². The fourth-order valence-corrected chi connectivity index (χ4v) is 3.41. The average Bonchev–Trinajstić information content (AvgIpc) is 3.32. The SMILES string of the molecule is COc1c(O)ccc(/C=N/NC(=O)C(=Cc2cccs2)NC(=O)c2ccccc2)c1[N+](=O)[O-]. The van der Waals surface area contributed by atoms with Crippen molar-refractivity contribution in [2.24, 2.45) is 5.10 Å². The smallest absolute Gasteiger partial charge is 0.323 e. The molecule has 0 atom stereocenters. The third kappa shape index (κ3) is 5.80. The highest BCUT2D eigenvalue weighted by atomic mass is 32.1. The molecule has 2 aromatic carbocycles. The Labute approximate surface area is 192 Å². The number of benzene rings is 2. The first-order chi connectivity index (χ1) is 15.9. The molecular weight excluding hydrogens is 448 g/mol. The van der Waals surface area contributed by atoms with E-state index in [1.807, 2.05) is 5.38 Å². The summed E-state index contributed by atoms with van der Waals surface area (Å²) in [5.74, 6) is -1.97. The van der Waals surface area contributed by atoms with Gasteiger partial charge in [0.05, 0.1) is 23.8 Å². The van der Waals surface area contributed by atoms with E-state index in [2.05, 4.69) is 15.8 Å². The first-order valence-electron chi connectivity index (χ1n) is 9.40. The standard InChI is InChI=1S/C22H18N4O6S/c1-32-20-18(27)10-9-15(19(20)26(30)31)13-23-25-22(29)17(12-16-8-5-11-33-16)24-21(28)14-6-3-2-4-7-14/h2-13,27H,1H3,(H,24,28)(H,25,29)/b17-12?,23-13+. The van der Waals surface area contributed by atoms with Crippen LogP contribution in [-0.2, 0) is 4.79 Å². The summed E-state index contributed by atoms with van der Waals surface area (Å²) in [7, 11) is 1.18. The number of amides is 2. The summed E-state index contributed by atoms with van der Waals surface area (Å²) in [5.41, 5.74) is 2.02. The normalized spacial score (nSPS) is 11.2. The second-order valence-electron chi connectivity index (χ2n) is 6.41. The number of thiophene rings is 1. The molecule has 0 unspecified atom stereocenters. The lowest BCUT2D eigenvalue weighted by Gasteiger charge is -2.09. The molecule has 33 heavy (non-hydrogen) atoms. The molecule has 168 valence electrons. The predicted molar refractivity (Wildman–Crippen MR) is 123 cm³/mol. The number of carbonyl (C=O) groups is 2. The average molecular weight is 466 g/mol. The number of nitrogens with one attached hydrogen (secondary N) is 2. The number of nitro groups is 1. The van der Waals surface area contributed by atoms with Crippen LogP contribution < -0.4 is 15.5 Å². The topological polar surface area (TPSA) is 143 Å². The number of hydrogen-bond donors (Lipinski definition) is 3. The molecule has 0 aliphatic rings. The molecule has 10 nitrogen and oxygen atoms in total. The number of carbonyl (C=O) groups excluding carboxylic acids is 2. The number of ether oxygens (including phenoxy) is 1. The summed E-state index contributed by atoms with van der Waals surface area (Å²) >= 11 is 1.36. The Hall–Kier alpha value is -4.51. The Kier molecular flexibility index (Phi) is 7.50. The van der Waals surface area contributed by atoms with Crippen molar-refractivity contribution < 1.29 is 24.4 Å². The van der Waals surface area contributed by atoms with Crippen LogP contribution in [0.2, 0.25) is 0 Å². The van der Waals surface area contributed by atoms with Gasteiger partial charge in [-0.15, -0.1) is 11.3 Å². The summed E-state index contributed by atoms with van der Waals surface area (Å²) in [6.07, 6.45) is 2.53. The largest absolute Gasteiger partial charge is 0.504 e. The monoisotopic (exact) mass is 466 g/mol. The molecule has 3 N–H and O–H groups in total. The molecule has 0 radical (unpaired) electrons. The number of methoxy groups -OCH3 is 1. The lowest BCUT2D eigenvalue weighted by molar-refractivity contribution is -0.386. The highest BCUT2D eigenvalue weighted by molar-refractivity contribution is 7.10. The molecule has 1 aromatic heterocycles. The van der Waals surface area contributed by atoms with Crippen molar-refractivity contribution in [2.75, 3.05) is 7.11 Å². The van der Waals surface area contributed by atoms with Gasteiger partial charge in [0.15, 0.2) is 5.75 Å². The van der Waals surface area contributed by atoms with Crippen LogP contribution in [0, 0.1) is 10.1 Å². The first kappa shape index (κ1) is 23.2. The van der Waals surface area contributed by atoms with Gasteiger partial charge in [-0.3, -0.25) is 19.7 Å². The Morgan fingerprint density at radius 1 is 1.15 bits per heavy atom. The maximum absolute atomic E-state index is 12.7. The first-order valence-corrected chi connectivity index (χ1v) is 10.3. The molecule has 3 rings (SSSR count). The summed E-state index contributed by atoms with van der Waals surface area (Å²) in [6.45, 7) is 0. The summed E-state index contributed by atoms with van der Waals surface area (Å²) < 4.78 is 4.89. The van der Waals surface area contributed by atoms with Gasteiger partial charge in [0, 0.05) is 10.4 Å². The Morgan fingerprint density at radius 3 is 2.55 bits per heavy atom.